The van der Waals surface area contributed by atoms with E-state index in [1.54, 1.807) is 24.3 Å². The zero-order chi connectivity index (χ0) is 12.6. The van der Waals surface area contributed by atoms with Crippen LogP contribution in [0.2, 0.25) is 0 Å². The van der Waals surface area contributed by atoms with Crippen molar-refractivity contribution in [2.45, 2.75) is 5.85 Å². The number of hydrogen-bond donors (Lipinski definition) is 2. The molecule has 2 N–H and O–H groups in total. The highest BCUT2D eigenvalue weighted by Gasteiger charge is 2.33. The van der Waals surface area contributed by atoms with E-state index in [0.29, 0.717) is 11.4 Å². The van der Waals surface area contributed by atoms with Gasteiger partial charge in [0.25, 0.3) is 5.85 Å². The van der Waals surface area contributed by atoms with Crippen molar-refractivity contribution in [2.24, 2.45) is 0 Å². The number of nitrogens with one attached hydrogen (secondary N) is 1. The third-order valence-electron chi connectivity index (χ3n) is 2.99. The van der Waals surface area contributed by atoms with Crippen LogP contribution in [0.3, 0.4) is 0 Å². The molecular formula is C15H12FNO. The van der Waals surface area contributed by atoms with Crippen molar-refractivity contribution >= 4 is 11.4 Å². The Bertz CT molecular complexity index is 605. The number of fused-ring (bicyclic) bond motifs is 1. The molecule has 2 nitrogen and oxygen atoms in total. The van der Waals surface area contributed by atoms with Crippen LogP contribution in [-0.2, 0) is 5.85 Å². The minimum Gasteiger partial charge on any atom is -0.355 e. The molecule has 0 saturated carbocycles. The molecule has 0 aliphatic carbocycles. The minimum absolute atomic E-state index is 0.240. The van der Waals surface area contributed by atoms with E-state index in [1.165, 1.54) is 6.08 Å². The van der Waals surface area contributed by atoms with Gasteiger partial charge in [-0.15, -0.1) is 0 Å². The Morgan fingerprint density at radius 2 is 1.61 bits per heavy atom. The van der Waals surface area contributed by atoms with Gasteiger partial charge in [-0.05, 0) is 11.6 Å². The summed E-state index contributed by atoms with van der Waals surface area (Å²) >= 11 is 0. The fourth-order valence-corrected chi connectivity index (χ4v) is 2.12. The van der Waals surface area contributed by atoms with Crippen LogP contribution >= 0.6 is 0 Å². The molecule has 0 saturated heterocycles. The summed E-state index contributed by atoms with van der Waals surface area (Å²) in [6, 6.07) is 16.2. The monoisotopic (exact) mass is 241 g/mol. The average molecular weight is 241 g/mol. The third-order valence-corrected chi connectivity index (χ3v) is 2.99. The van der Waals surface area contributed by atoms with Crippen LogP contribution in [0.5, 0.6) is 0 Å². The quantitative estimate of drug-likeness (QED) is 0.803. The average Bonchev–Trinajstić information content (AvgIpc) is 2.39. The summed E-state index contributed by atoms with van der Waals surface area (Å²) in [5, 5.41) is 13.0. The minimum atomic E-state index is -2.44. The van der Waals surface area contributed by atoms with Crippen molar-refractivity contribution < 1.29 is 9.50 Å². The van der Waals surface area contributed by atoms with Crippen molar-refractivity contribution in [3.63, 3.8) is 0 Å². The number of aliphatic hydroxyl groups is 1. The molecule has 1 unspecified atom stereocenters. The molecular weight excluding hydrogens is 229 g/mol. The van der Waals surface area contributed by atoms with Gasteiger partial charge in [0.05, 0.1) is 0 Å². The largest absolute Gasteiger partial charge is 0.355 e. The number of para-hydroxylation sites is 1. The molecule has 2 aromatic rings. The van der Waals surface area contributed by atoms with Gasteiger partial charge in [-0.1, -0.05) is 48.5 Å². The van der Waals surface area contributed by atoms with Crippen LogP contribution in [0.4, 0.5) is 10.1 Å². The Morgan fingerprint density at radius 3 is 2.39 bits per heavy atom. The summed E-state index contributed by atoms with van der Waals surface area (Å²) in [5.74, 6) is -2.44. The van der Waals surface area contributed by atoms with Crippen LogP contribution in [0.15, 0.2) is 60.7 Å². The lowest BCUT2D eigenvalue weighted by atomic mass is 9.97. The van der Waals surface area contributed by atoms with Gasteiger partial charge in [-0.25, -0.2) is 4.39 Å². The topological polar surface area (TPSA) is 32.3 Å². The molecule has 0 amide bonds. The van der Waals surface area contributed by atoms with Crippen molar-refractivity contribution in [3.8, 4) is 0 Å². The predicted octanol–water partition coefficient (Wildman–Crippen LogP) is 3.27. The van der Waals surface area contributed by atoms with Gasteiger partial charge in [0.15, 0.2) is 0 Å². The molecule has 90 valence electrons. The molecule has 0 aromatic heterocycles. The Hall–Kier alpha value is -2.13. The Morgan fingerprint density at radius 1 is 0.944 bits per heavy atom. The molecule has 0 fully saturated rings. The van der Waals surface area contributed by atoms with E-state index >= 15 is 0 Å². The van der Waals surface area contributed by atoms with Gasteiger partial charge < -0.3 is 10.4 Å². The third kappa shape index (κ3) is 1.79. The standard InChI is InChI=1S/C15H12FNO/c16-15(18)10-14(11-6-2-1-3-7-11)17-13-9-5-4-8-12(13)15/h1-10,17-18H. The Balaban J connectivity index is 2.10. The molecule has 2 aromatic carbocycles. The van der Waals surface area contributed by atoms with E-state index < -0.39 is 5.85 Å². The van der Waals surface area contributed by atoms with Gasteiger partial charge >= 0.3 is 0 Å². The van der Waals surface area contributed by atoms with Gasteiger partial charge in [-0.2, -0.15) is 0 Å². The highest BCUT2D eigenvalue weighted by atomic mass is 19.2. The maximum Gasteiger partial charge on any atom is 0.256 e. The molecule has 1 heterocycles. The number of halogens is 1. The predicted molar refractivity (Wildman–Crippen MR) is 69.5 cm³/mol. The van der Waals surface area contributed by atoms with Crippen molar-refractivity contribution in [1.82, 2.24) is 0 Å². The first-order valence-electron chi connectivity index (χ1n) is 5.73. The summed E-state index contributed by atoms with van der Waals surface area (Å²) in [6.45, 7) is 0. The van der Waals surface area contributed by atoms with E-state index in [9.17, 15) is 9.50 Å². The summed E-state index contributed by atoms with van der Waals surface area (Å²) in [6.07, 6.45) is 1.20. The first-order chi connectivity index (χ1) is 8.67. The molecule has 3 heteroatoms. The normalized spacial score (nSPS) is 21.8. The van der Waals surface area contributed by atoms with Gasteiger partial charge in [0.2, 0.25) is 0 Å². The summed E-state index contributed by atoms with van der Waals surface area (Å²) < 4.78 is 14.2. The maximum absolute atomic E-state index is 14.2. The number of hydrogen-bond acceptors (Lipinski definition) is 2. The van der Waals surface area contributed by atoms with Crippen molar-refractivity contribution in [1.29, 1.82) is 0 Å². The Kier molecular flexibility index (Phi) is 2.42. The maximum atomic E-state index is 14.2. The van der Waals surface area contributed by atoms with Crippen molar-refractivity contribution in [3.05, 3.63) is 71.8 Å². The van der Waals surface area contributed by atoms with E-state index in [4.69, 9.17) is 0 Å². The SMILES string of the molecule is OC1(F)C=C(c2ccccc2)Nc2ccccc21. The van der Waals surface area contributed by atoms with Crippen LogP contribution in [0.1, 0.15) is 11.1 Å². The molecule has 0 radical (unpaired) electrons. The lowest BCUT2D eigenvalue weighted by Crippen LogP contribution is -2.24. The molecule has 0 bridgehead atoms. The van der Waals surface area contributed by atoms with Gasteiger partial charge in [0.1, 0.15) is 0 Å². The van der Waals surface area contributed by atoms with Crippen LogP contribution in [-0.4, -0.2) is 5.11 Å². The zero-order valence-electron chi connectivity index (χ0n) is 9.60. The lowest BCUT2D eigenvalue weighted by Gasteiger charge is -2.27. The number of alkyl halides is 1. The van der Waals surface area contributed by atoms with Crippen molar-refractivity contribution in [2.75, 3.05) is 5.32 Å². The van der Waals surface area contributed by atoms with E-state index in [-0.39, 0.29) is 5.56 Å². The molecule has 18 heavy (non-hydrogen) atoms. The smallest absolute Gasteiger partial charge is 0.256 e. The van der Waals surface area contributed by atoms with E-state index in [2.05, 4.69) is 5.32 Å². The lowest BCUT2D eigenvalue weighted by molar-refractivity contribution is -0.0465. The number of rotatable bonds is 1. The molecule has 3 rings (SSSR count). The number of anilines is 1. The summed E-state index contributed by atoms with van der Waals surface area (Å²) in [4.78, 5) is 0. The Labute approximate surface area is 104 Å². The fourth-order valence-electron chi connectivity index (χ4n) is 2.12. The second-order valence-corrected chi connectivity index (χ2v) is 4.27. The summed E-state index contributed by atoms with van der Waals surface area (Å²) in [5.41, 5.74) is 2.23. The molecule has 0 spiro atoms. The molecule has 1 aliphatic rings. The fraction of sp³-hybridized carbons (Fsp3) is 0.0667. The van der Waals surface area contributed by atoms with E-state index in [0.717, 1.165) is 5.56 Å². The zero-order valence-corrected chi connectivity index (χ0v) is 9.60. The van der Waals surface area contributed by atoms with Gasteiger partial charge in [-0.3, -0.25) is 0 Å². The second-order valence-electron chi connectivity index (χ2n) is 4.27. The summed E-state index contributed by atoms with van der Waals surface area (Å²) in [7, 11) is 0. The molecule has 1 atom stereocenters. The van der Waals surface area contributed by atoms with Crippen LogP contribution in [0, 0.1) is 0 Å². The van der Waals surface area contributed by atoms with Crippen LogP contribution in [0.25, 0.3) is 5.70 Å². The number of benzene rings is 2. The highest BCUT2D eigenvalue weighted by Crippen LogP contribution is 2.38. The highest BCUT2D eigenvalue weighted by molar-refractivity contribution is 5.82. The van der Waals surface area contributed by atoms with E-state index in [1.807, 2.05) is 30.3 Å². The second kappa shape index (κ2) is 3.96. The van der Waals surface area contributed by atoms with Gasteiger partial charge in [0, 0.05) is 23.0 Å². The van der Waals surface area contributed by atoms with Crippen LogP contribution < -0.4 is 5.32 Å². The first-order valence-corrected chi connectivity index (χ1v) is 5.73. The molecule has 1 aliphatic heterocycles. The first kappa shape index (κ1) is 11.0.